The van der Waals surface area contributed by atoms with Crippen molar-refractivity contribution in [3.8, 4) is 22.6 Å². The van der Waals surface area contributed by atoms with E-state index < -0.39 is 11.7 Å². The number of methoxy groups -OCH3 is 1. The van der Waals surface area contributed by atoms with Gasteiger partial charge in [0, 0.05) is 17.0 Å². The van der Waals surface area contributed by atoms with E-state index in [-0.39, 0.29) is 18.3 Å². The Morgan fingerprint density at radius 1 is 0.939 bits per heavy atom. The monoisotopic (exact) mass is 448 g/mol. The maximum absolute atomic E-state index is 13.1. The van der Waals surface area contributed by atoms with Crippen LogP contribution >= 0.6 is 0 Å². The van der Waals surface area contributed by atoms with Gasteiger partial charge in [-0.05, 0) is 52.2 Å². The Labute approximate surface area is 188 Å². The third kappa shape index (κ3) is 3.82. The molecule has 0 N–H and O–H groups in total. The molecule has 5 rings (SSSR count). The summed E-state index contributed by atoms with van der Waals surface area (Å²) in [7, 11) is 1.59. The third-order valence-corrected chi connectivity index (χ3v) is 6.02. The van der Waals surface area contributed by atoms with Crippen molar-refractivity contribution in [1.29, 1.82) is 0 Å². The number of carbonyl (C=O) groups excluding carboxylic acids is 1. The quantitative estimate of drug-likeness (QED) is 0.251. The molecule has 0 aromatic heterocycles. The van der Waals surface area contributed by atoms with E-state index in [1.165, 1.54) is 12.1 Å². The summed E-state index contributed by atoms with van der Waals surface area (Å²) in [5.74, 6) is 0.462. The SMILES string of the molecule is COc1ccc([C@@H]2CC(=O)Oc3c(-c4ccc(C(F)(F)F)cc4)cc4ccccc4c32)cc1. The van der Waals surface area contributed by atoms with Crippen LogP contribution < -0.4 is 9.47 Å². The van der Waals surface area contributed by atoms with E-state index in [1.54, 1.807) is 7.11 Å². The summed E-state index contributed by atoms with van der Waals surface area (Å²) in [6.07, 6.45) is -4.26. The molecular formula is C27H19F3O3. The van der Waals surface area contributed by atoms with Gasteiger partial charge in [0.2, 0.25) is 0 Å². The average Bonchev–Trinajstić information content (AvgIpc) is 2.82. The number of alkyl halides is 3. The fourth-order valence-electron chi connectivity index (χ4n) is 4.41. The van der Waals surface area contributed by atoms with E-state index in [4.69, 9.17) is 9.47 Å². The van der Waals surface area contributed by atoms with Crippen LogP contribution in [-0.2, 0) is 11.0 Å². The molecule has 6 heteroatoms. The molecule has 166 valence electrons. The van der Waals surface area contributed by atoms with E-state index in [0.29, 0.717) is 22.6 Å². The highest BCUT2D eigenvalue weighted by Gasteiger charge is 2.33. The molecule has 0 bridgehead atoms. The van der Waals surface area contributed by atoms with Crippen LogP contribution in [0, 0.1) is 0 Å². The highest BCUT2D eigenvalue weighted by molar-refractivity contribution is 5.98. The van der Waals surface area contributed by atoms with Crippen molar-refractivity contribution in [3.05, 3.63) is 95.6 Å². The summed E-state index contributed by atoms with van der Waals surface area (Å²) in [4.78, 5) is 12.6. The molecule has 0 radical (unpaired) electrons. The van der Waals surface area contributed by atoms with Crippen LogP contribution in [0.4, 0.5) is 13.2 Å². The van der Waals surface area contributed by atoms with Crippen LogP contribution in [0.3, 0.4) is 0 Å². The largest absolute Gasteiger partial charge is 0.497 e. The lowest BCUT2D eigenvalue weighted by atomic mass is 9.81. The van der Waals surface area contributed by atoms with Crippen molar-refractivity contribution in [2.75, 3.05) is 7.11 Å². The first-order valence-corrected chi connectivity index (χ1v) is 10.4. The lowest BCUT2D eigenvalue weighted by Crippen LogP contribution is -2.22. The second kappa shape index (κ2) is 7.96. The van der Waals surface area contributed by atoms with Gasteiger partial charge in [-0.1, -0.05) is 48.5 Å². The van der Waals surface area contributed by atoms with E-state index in [1.807, 2.05) is 54.6 Å². The van der Waals surface area contributed by atoms with E-state index in [0.717, 1.165) is 34.0 Å². The molecule has 33 heavy (non-hydrogen) atoms. The van der Waals surface area contributed by atoms with Crippen molar-refractivity contribution in [2.24, 2.45) is 0 Å². The summed E-state index contributed by atoms with van der Waals surface area (Å²) in [5, 5.41) is 1.86. The summed E-state index contributed by atoms with van der Waals surface area (Å²) in [6, 6.07) is 22.1. The highest BCUT2D eigenvalue weighted by Crippen LogP contribution is 2.48. The second-order valence-corrected chi connectivity index (χ2v) is 7.97. The van der Waals surface area contributed by atoms with Crippen LogP contribution in [0.1, 0.15) is 29.0 Å². The number of halogens is 3. The molecule has 4 aromatic carbocycles. The van der Waals surface area contributed by atoms with E-state index in [2.05, 4.69) is 0 Å². The van der Waals surface area contributed by atoms with Gasteiger partial charge in [-0.3, -0.25) is 4.79 Å². The highest BCUT2D eigenvalue weighted by atomic mass is 19.4. The van der Waals surface area contributed by atoms with Gasteiger partial charge in [-0.25, -0.2) is 0 Å². The Bertz CT molecular complexity index is 1340. The zero-order valence-corrected chi connectivity index (χ0v) is 17.6. The predicted octanol–water partition coefficient (Wildman–Crippen LogP) is 6.98. The molecule has 3 nitrogen and oxygen atoms in total. The number of hydrogen-bond donors (Lipinski definition) is 0. The molecule has 1 aliphatic heterocycles. The predicted molar refractivity (Wildman–Crippen MR) is 119 cm³/mol. The van der Waals surface area contributed by atoms with Crippen molar-refractivity contribution >= 4 is 16.7 Å². The van der Waals surface area contributed by atoms with Gasteiger partial charge < -0.3 is 9.47 Å². The van der Waals surface area contributed by atoms with Gasteiger partial charge in [0.25, 0.3) is 0 Å². The van der Waals surface area contributed by atoms with Gasteiger partial charge in [-0.2, -0.15) is 13.2 Å². The Morgan fingerprint density at radius 2 is 1.64 bits per heavy atom. The first-order valence-electron chi connectivity index (χ1n) is 10.4. The number of esters is 1. The Morgan fingerprint density at radius 3 is 2.30 bits per heavy atom. The standard InChI is InChI=1S/C27H19F3O3/c1-32-20-12-8-16(9-13-20)22-15-24(31)33-26-23(14-18-4-2-3-5-21(18)25(22)26)17-6-10-19(11-7-17)27(28,29)30/h2-14,22H,15H2,1H3/t22-/m0/s1. The maximum Gasteiger partial charge on any atom is 0.416 e. The van der Waals surface area contributed by atoms with Crippen LogP contribution in [0.15, 0.2) is 78.9 Å². The van der Waals surface area contributed by atoms with Gasteiger partial charge in [0.05, 0.1) is 19.1 Å². The Hall–Kier alpha value is -3.80. The first kappa shape index (κ1) is 21.1. The van der Waals surface area contributed by atoms with Crippen molar-refractivity contribution in [2.45, 2.75) is 18.5 Å². The van der Waals surface area contributed by atoms with Crippen LogP contribution in [0.2, 0.25) is 0 Å². The number of carbonyl (C=O) groups is 1. The summed E-state index contributed by atoms with van der Waals surface area (Å²) < 4.78 is 50.2. The van der Waals surface area contributed by atoms with Crippen LogP contribution in [0.25, 0.3) is 21.9 Å². The maximum atomic E-state index is 13.1. The summed E-state index contributed by atoms with van der Waals surface area (Å²) in [5.41, 5.74) is 2.20. The van der Waals surface area contributed by atoms with Gasteiger partial charge >= 0.3 is 12.1 Å². The van der Waals surface area contributed by atoms with Gasteiger partial charge in [0.1, 0.15) is 11.5 Å². The van der Waals surface area contributed by atoms with Crippen LogP contribution in [-0.4, -0.2) is 13.1 Å². The number of fused-ring (bicyclic) bond motifs is 3. The minimum Gasteiger partial charge on any atom is -0.497 e. The van der Waals surface area contributed by atoms with Crippen LogP contribution in [0.5, 0.6) is 11.5 Å². The fourth-order valence-corrected chi connectivity index (χ4v) is 4.41. The molecular weight excluding hydrogens is 429 g/mol. The molecule has 1 aliphatic rings. The fraction of sp³-hybridized carbons (Fsp3) is 0.148. The first-order chi connectivity index (χ1) is 15.8. The number of benzene rings is 4. The van der Waals surface area contributed by atoms with Crippen molar-refractivity contribution < 1.29 is 27.4 Å². The smallest absolute Gasteiger partial charge is 0.416 e. The molecule has 0 saturated carbocycles. The minimum atomic E-state index is -4.42. The minimum absolute atomic E-state index is 0.166. The zero-order chi connectivity index (χ0) is 23.2. The molecule has 1 atom stereocenters. The molecule has 0 unspecified atom stereocenters. The normalized spacial score (nSPS) is 15.8. The molecule has 1 heterocycles. The van der Waals surface area contributed by atoms with E-state index in [9.17, 15) is 18.0 Å². The molecule has 0 aliphatic carbocycles. The second-order valence-electron chi connectivity index (χ2n) is 7.97. The zero-order valence-electron chi connectivity index (χ0n) is 17.6. The summed E-state index contributed by atoms with van der Waals surface area (Å²) in [6.45, 7) is 0. The van der Waals surface area contributed by atoms with Crippen molar-refractivity contribution in [1.82, 2.24) is 0 Å². The number of ether oxygens (including phenoxy) is 2. The van der Waals surface area contributed by atoms with Gasteiger partial charge in [-0.15, -0.1) is 0 Å². The third-order valence-electron chi connectivity index (χ3n) is 6.02. The number of rotatable bonds is 3. The van der Waals surface area contributed by atoms with Crippen molar-refractivity contribution in [3.63, 3.8) is 0 Å². The Kier molecular flexibility index (Phi) is 5.08. The number of hydrogen-bond acceptors (Lipinski definition) is 3. The lowest BCUT2D eigenvalue weighted by Gasteiger charge is -2.28. The van der Waals surface area contributed by atoms with E-state index >= 15 is 0 Å². The summed E-state index contributed by atoms with van der Waals surface area (Å²) >= 11 is 0. The lowest BCUT2D eigenvalue weighted by molar-refractivity contribution is -0.137. The Balaban J connectivity index is 1.73. The average molecular weight is 448 g/mol. The molecule has 4 aromatic rings. The van der Waals surface area contributed by atoms with Gasteiger partial charge in [0.15, 0.2) is 0 Å². The molecule has 0 fully saturated rings. The molecule has 0 spiro atoms. The topological polar surface area (TPSA) is 35.5 Å². The molecule has 0 amide bonds. The molecule has 0 saturated heterocycles.